The Kier molecular flexibility index (Phi) is 4.59. The molecule has 0 radical (unpaired) electrons. The smallest absolute Gasteiger partial charge is 0.251 e. The zero-order chi connectivity index (χ0) is 16.2. The van der Waals surface area contributed by atoms with Crippen LogP contribution in [0.4, 0.5) is 0 Å². The molecule has 0 unspecified atom stereocenters. The molecule has 5 nitrogen and oxygen atoms in total. The normalized spacial score (nSPS) is 10.7. The monoisotopic (exact) mass is 314 g/mol. The molecule has 0 spiro atoms. The lowest BCUT2D eigenvalue weighted by Crippen LogP contribution is -2.22. The average molecular weight is 314 g/mol. The van der Waals surface area contributed by atoms with Gasteiger partial charge in [-0.25, -0.2) is 8.42 Å². The summed E-state index contributed by atoms with van der Waals surface area (Å²) in [5, 5.41) is 11.5. The van der Waals surface area contributed by atoms with Crippen molar-refractivity contribution >= 4 is 15.7 Å². The first-order valence-corrected chi connectivity index (χ1v) is 8.36. The molecule has 22 heavy (non-hydrogen) atoms. The molecule has 0 atom stereocenters. The third-order valence-corrected chi connectivity index (χ3v) is 4.21. The highest BCUT2D eigenvalue weighted by atomic mass is 32.2. The van der Waals surface area contributed by atoms with Crippen LogP contribution in [-0.2, 0) is 16.4 Å². The summed E-state index contributed by atoms with van der Waals surface area (Å²) in [7, 11) is -3.27. The summed E-state index contributed by atoms with van der Waals surface area (Å²) >= 11 is 0. The van der Waals surface area contributed by atoms with Gasteiger partial charge in [-0.05, 0) is 42.0 Å². The molecular formula is C16H14N2O3S. The minimum absolute atomic E-state index is 0.177. The summed E-state index contributed by atoms with van der Waals surface area (Å²) in [5.41, 5.74) is 1.83. The van der Waals surface area contributed by atoms with Gasteiger partial charge in [0.05, 0.1) is 16.5 Å². The maximum absolute atomic E-state index is 12.0. The molecule has 0 saturated carbocycles. The summed E-state index contributed by atoms with van der Waals surface area (Å²) in [6.45, 7) is 0.332. The lowest BCUT2D eigenvalue weighted by atomic mass is 10.1. The van der Waals surface area contributed by atoms with E-state index < -0.39 is 9.84 Å². The Hall–Kier alpha value is -2.65. The molecule has 1 amide bonds. The maximum Gasteiger partial charge on any atom is 0.251 e. The SMILES string of the molecule is CS(=O)(=O)c1ccc(C(=O)NCc2ccc(C#N)cc2)cc1. The Morgan fingerprint density at radius 3 is 2.18 bits per heavy atom. The van der Waals surface area contributed by atoms with Crippen LogP contribution in [0.25, 0.3) is 0 Å². The van der Waals surface area contributed by atoms with Gasteiger partial charge in [0.25, 0.3) is 5.91 Å². The molecule has 112 valence electrons. The Morgan fingerprint density at radius 1 is 1.09 bits per heavy atom. The maximum atomic E-state index is 12.0. The fraction of sp³-hybridized carbons (Fsp3) is 0.125. The first kappa shape index (κ1) is 15.7. The van der Waals surface area contributed by atoms with Gasteiger partial charge < -0.3 is 5.32 Å². The average Bonchev–Trinajstić information content (AvgIpc) is 2.52. The molecule has 2 aromatic rings. The van der Waals surface area contributed by atoms with Crippen molar-refractivity contribution in [3.63, 3.8) is 0 Å². The second-order valence-corrected chi connectivity index (χ2v) is 6.80. The van der Waals surface area contributed by atoms with Crippen molar-refractivity contribution < 1.29 is 13.2 Å². The quantitative estimate of drug-likeness (QED) is 0.933. The summed E-state index contributed by atoms with van der Waals surface area (Å²) in [5.74, 6) is -0.288. The van der Waals surface area contributed by atoms with E-state index in [2.05, 4.69) is 5.32 Å². The number of nitriles is 1. The third-order valence-electron chi connectivity index (χ3n) is 3.08. The van der Waals surface area contributed by atoms with Crippen molar-refractivity contribution in [1.82, 2.24) is 5.32 Å². The number of carbonyl (C=O) groups excluding carboxylic acids is 1. The van der Waals surface area contributed by atoms with Crippen molar-refractivity contribution in [3.8, 4) is 6.07 Å². The van der Waals surface area contributed by atoms with Crippen LogP contribution in [0.2, 0.25) is 0 Å². The highest BCUT2D eigenvalue weighted by molar-refractivity contribution is 7.90. The van der Waals surface area contributed by atoms with Crippen LogP contribution in [-0.4, -0.2) is 20.6 Å². The van der Waals surface area contributed by atoms with Crippen LogP contribution < -0.4 is 5.32 Å². The standard InChI is InChI=1S/C16H14N2O3S/c1-22(20,21)15-8-6-14(7-9-15)16(19)18-11-13-4-2-12(10-17)3-5-13/h2-9H,11H2,1H3,(H,18,19). The minimum atomic E-state index is -3.27. The number of hydrogen-bond donors (Lipinski definition) is 1. The number of amides is 1. The highest BCUT2D eigenvalue weighted by Gasteiger charge is 2.09. The first-order chi connectivity index (χ1) is 10.4. The number of nitrogens with one attached hydrogen (secondary N) is 1. The number of hydrogen-bond acceptors (Lipinski definition) is 4. The topological polar surface area (TPSA) is 87.0 Å². The van der Waals surface area contributed by atoms with Crippen molar-refractivity contribution in [2.24, 2.45) is 0 Å². The lowest BCUT2D eigenvalue weighted by molar-refractivity contribution is 0.0951. The van der Waals surface area contributed by atoms with E-state index in [9.17, 15) is 13.2 Å². The molecule has 0 aliphatic heterocycles. The second kappa shape index (κ2) is 6.41. The fourth-order valence-corrected chi connectivity index (χ4v) is 2.47. The van der Waals surface area contributed by atoms with E-state index in [4.69, 9.17) is 5.26 Å². The van der Waals surface area contributed by atoms with Gasteiger partial charge in [-0.15, -0.1) is 0 Å². The van der Waals surface area contributed by atoms with Gasteiger partial charge in [0.15, 0.2) is 9.84 Å². The van der Waals surface area contributed by atoms with E-state index >= 15 is 0 Å². The Balaban J connectivity index is 2.01. The Bertz CT molecular complexity index is 817. The molecule has 0 bridgehead atoms. The van der Waals surface area contributed by atoms with Gasteiger partial charge in [-0.2, -0.15) is 5.26 Å². The summed E-state index contributed by atoms with van der Waals surface area (Å²) < 4.78 is 22.7. The predicted octanol–water partition coefficient (Wildman–Crippen LogP) is 1.89. The molecule has 0 fully saturated rings. The van der Waals surface area contributed by atoms with E-state index in [-0.39, 0.29) is 10.8 Å². The molecule has 6 heteroatoms. The third kappa shape index (κ3) is 3.93. The second-order valence-electron chi connectivity index (χ2n) is 4.79. The van der Waals surface area contributed by atoms with Crippen LogP contribution in [0, 0.1) is 11.3 Å². The van der Waals surface area contributed by atoms with Crippen molar-refractivity contribution in [1.29, 1.82) is 5.26 Å². The number of carbonyl (C=O) groups is 1. The van der Waals surface area contributed by atoms with Crippen LogP contribution in [0.1, 0.15) is 21.5 Å². The number of nitrogens with zero attached hydrogens (tertiary/aromatic N) is 1. The molecule has 0 heterocycles. The highest BCUT2D eigenvalue weighted by Crippen LogP contribution is 2.10. The minimum Gasteiger partial charge on any atom is -0.348 e. The summed E-state index contributed by atoms with van der Waals surface area (Å²) in [4.78, 5) is 12.2. The van der Waals surface area contributed by atoms with Gasteiger partial charge in [0.1, 0.15) is 0 Å². The van der Waals surface area contributed by atoms with Gasteiger partial charge in [-0.1, -0.05) is 12.1 Å². The number of sulfone groups is 1. The fourth-order valence-electron chi connectivity index (χ4n) is 1.84. The van der Waals surface area contributed by atoms with Crippen molar-refractivity contribution in [2.75, 3.05) is 6.26 Å². The molecule has 0 aliphatic rings. The predicted molar refractivity (Wildman–Crippen MR) is 81.9 cm³/mol. The number of benzene rings is 2. The Morgan fingerprint density at radius 2 is 1.68 bits per heavy atom. The lowest BCUT2D eigenvalue weighted by Gasteiger charge is -2.06. The van der Waals surface area contributed by atoms with Gasteiger partial charge in [0.2, 0.25) is 0 Å². The van der Waals surface area contributed by atoms with Crippen LogP contribution in [0.3, 0.4) is 0 Å². The van der Waals surface area contributed by atoms with Crippen LogP contribution >= 0.6 is 0 Å². The van der Waals surface area contributed by atoms with E-state index in [1.54, 1.807) is 24.3 Å². The van der Waals surface area contributed by atoms with Gasteiger partial charge in [-0.3, -0.25) is 4.79 Å². The molecule has 2 rings (SSSR count). The molecule has 0 saturated heterocycles. The summed E-state index contributed by atoms with van der Waals surface area (Å²) in [6.07, 6.45) is 1.12. The molecule has 0 aromatic heterocycles. The van der Waals surface area contributed by atoms with Gasteiger partial charge >= 0.3 is 0 Å². The van der Waals surface area contributed by atoms with Crippen molar-refractivity contribution in [3.05, 3.63) is 65.2 Å². The van der Waals surface area contributed by atoms with Crippen molar-refractivity contribution in [2.45, 2.75) is 11.4 Å². The van der Waals surface area contributed by atoms with E-state index in [1.165, 1.54) is 24.3 Å². The first-order valence-electron chi connectivity index (χ1n) is 6.47. The zero-order valence-corrected chi connectivity index (χ0v) is 12.7. The summed E-state index contributed by atoms with van der Waals surface area (Å²) in [6, 6.07) is 14.7. The zero-order valence-electron chi connectivity index (χ0n) is 11.9. The van der Waals surface area contributed by atoms with E-state index in [1.807, 2.05) is 6.07 Å². The van der Waals surface area contributed by atoms with E-state index in [0.29, 0.717) is 17.7 Å². The van der Waals surface area contributed by atoms with Gasteiger partial charge in [0, 0.05) is 18.4 Å². The van der Waals surface area contributed by atoms with Crippen LogP contribution in [0.5, 0.6) is 0 Å². The van der Waals surface area contributed by atoms with Crippen LogP contribution in [0.15, 0.2) is 53.4 Å². The van der Waals surface area contributed by atoms with E-state index in [0.717, 1.165) is 11.8 Å². The largest absolute Gasteiger partial charge is 0.348 e. The Labute approximate surface area is 129 Å². The molecular weight excluding hydrogens is 300 g/mol. The molecule has 0 aliphatic carbocycles. The molecule has 2 aromatic carbocycles. The molecule has 1 N–H and O–H groups in total. The number of rotatable bonds is 4.